The second-order valence-corrected chi connectivity index (χ2v) is 5.06. The number of hydrogen-bond donors (Lipinski definition) is 1. The van der Waals surface area contributed by atoms with Crippen LogP contribution in [-0.2, 0) is 6.54 Å². The van der Waals surface area contributed by atoms with Gasteiger partial charge in [-0.1, -0.05) is 13.3 Å². The molecule has 0 unspecified atom stereocenters. The molecule has 0 aromatic carbocycles. The van der Waals surface area contributed by atoms with Gasteiger partial charge in [0, 0.05) is 12.2 Å². The largest absolute Gasteiger partial charge is 0.488 e. The maximum atomic E-state index is 6.14. The Labute approximate surface area is 110 Å². The number of rotatable bonds is 5. The Kier molecular flexibility index (Phi) is 5.00. The first-order valence-corrected chi connectivity index (χ1v) is 7.13. The summed E-state index contributed by atoms with van der Waals surface area (Å²) in [5.41, 5.74) is 2.10. The Morgan fingerprint density at radius 3 is 2.78 bits per heavy atom. The highest BCUT2D eigenvalue weighted by molar-refractivity contribution is 5.29. The molecule has 1 aromatic rings. The summed E-state index contributed by atoms with van der Waals surface area (Å²) in [5.74, 6) is 0.966. The minimum atomic E-state index is 0.392. The fraction of sp³-hybridized carbons (Fsp3) is 0.667. The van der Waals surface area contributed by atoms with Crippen molar-refractivity contribution in [3.63, 3.8) is 0 Å². The minimum Gasteiger partial charge on any atom is -0.488 e. The van der Waals surface area contributed by atoms with Crippen LogP contribution in [0.5, 0.6) is 5.75 Å². The van der Waals surface area contributed by atoms with Crippen LogP contribution in [0, 0.1) is 6.92 Å². The lowest BCUT2D eigenvalue weighted by Gasteiger charge is -2.24. The van der Waals surface area contributed by atoms with Gasteiger partial charge in [-0.05, 0) is 51.3 Å². The van der Waals surface area contributed by atoms with E-state index in [-0.39, 0.29) is 0 Å². The monoisotopic (exact) mass is 248 g/mol. The molecule has 3 nitrogen and oxygen atoms in total. The fourth-order valence-corrected chi connectivity index (χ4v) is 2.44. The van der Waals surface area contributed by atoms with E-state index in [4.69, 9.17) is 4.74 Å². The lowest BCUT2D eigenvalue weighted by molar-refractivity contribution is 0.152. The van der Waals surface area contributed by atoms with Crippen molar-refractivity contribution in [1.82, 2.24) is 10.3 Å². The molecule has 0 aliphatic heterocycles. The first-order chi connectivity index (χ1) is 8.79. The van der Waals surface area contributed by atoms with Crippen molar-refractivity contribution in [3.05, 3.63) is 23.5 Å². The van der Waals surface area contributed by atoms with Crippen LogP contribution in [0.1, 0.15) is 50.4 Å². The van der Waals surface area contributed by atoms with E-state index >= 15 is 0 Å². The van der Waals surface area contributed by atoms with Crippen LogP contribution < -0.4 is 10.1 Å². The first kappa shape index (κ1) is 13.3. The average molecular weight is 248 g/mol. The smallest absolute Gasteiger partial charge is 0.142 e. The zero-order valence-electron chi connectivity index (χ0n) is 11.5. The quantitative estimate of drug-likeness (QED) is 0.869. The molecule has 1 heterocycles. The topological polar surface area (TPSA) is 34.2 Å². The van der Waals surface area contributed by atoms with Crippen molar-refractivity contribution >= 4 is 0 Å². The third kappa shape index (κ3) is 3.70. The number of nitrogens with one attached hydrogen (secondary N) is 1. The van der Waals surface area contributed by atoms with Gasteiger partial charge in [0.15, 0.2) is 0 Å². The molecule has 0 amide bonds. The Balaban J connectivity index is 2.04. The lowest BCUT2D eigenvalue weighted by Crippen LogP contribution is -2.22. The average Bonchev–Trinajstić information content (AvgIpc) is 2.40. The van der Waals surface area contributed by atoms with Crippen LogP contribution >= 0.6 is 0 Å². The molecule has 2 rings (SSSR count). The van der Waals surface area contributed by atoms with E-state index in [1.807, 2.05) is 13.0 Å². The molecule has 1 fully saturated rings. The van der Waals surface area contributed by atoms with Gasteiger partial charge in [0.2, 0.25) is 0 Å². The van der Waals surface area contributed by atoms with Crippen molar-refractivity contribution in [3.8, 4) is 5.75 Å². The van der Waals surface area contributed by atoms with Gasteiger partial charge in [-0.2, -0.15) is 0 Å². The van der Waals surface area contributed by atoms with Crippen LogP contribution in [0.25, 0.3) is 0 Å². The molecule has 0 saturated heterocycles. The van der Waals surface area contributed by atoms with Gasteiger partial charge in [-0.25, -0.2) is 0 Å². The summed E-state index contributed by atoms with van der Waals surface area (Å²) in [6, 6.07) is 4.11. The molecule has 0 radical (unpaired) electrons. The van der Waals surface area contributed by atoms with E-state index in [1.54, 1.807) is 0 Å². The lowest BCUT2D eigenvalue weighted by atomic mass is 9.98. The SMILES string of the molecule is CCNCc1nc(C)ccc1OC1CCCCC1. The summed E-state index contributed by atoms with van der Waals surface area (Å²) in [7, 11) is 0. The van der Waals surface area contributed by atoms with Gasteiger partial charge in [0.1, 0.15) is 5.75 Å². The van der Waals surface area contributed by atoms with Crippen LogP contribution in [0.2, 0.25) is 0 Å². The molecule has 100 valence electrons. The van der Waals surface area contributed by atoms with E-state index in [1.165, 1.54) is 32.1 Å². The molecular formula is C15H24N2O. The second-order valence-electron chi connectivity index (χ2n) is 5.06. The van der Waals surface area contributed by atoms with Crippen LogP contribution in [-0.4, -0.2) is 17.6 Å². The number of ether oxygens (including phenoxy) is 1. The molecule has 18 heavy (non-hydrogen) atoms. The van der Waals surface area contributed by atoms with E-state index in [2.05, 4.69) is 23.3 Å². The predicted octanol–water partition coefficient (Wildman–Crippen LogP) is 3.21. The van der Waals surface area contributed by atoms with Gasteiger partial charge in [-0.15, -0.1) is 0 Å². The van der Waals surface area contributed by atoms with E-state index in [0.29, 0.717) is 6.10 Å². The first-order valence-electron chi connectivity index (χ1n) is 7.13. The van der Waals surface area contributed by atoms with E-state index in [0.717, 1.165) is 30.2 Å². The third-order valence-electron chi connectivity index (χ3n) is 3.46. The Bertz CT molecular complexity index is 373. The van der Waals surface area contributed by atoms with Crippen molar-refractivity contribution in [2.75, 3.05) is 6.54 Å². The number of pyridine rings is 1. The van der Waals surface area contributed by atoms with Crippen LogP contribution in [0.3, 0.4) is 0 Å². The maximum absolute atomic E-state index is 6.14. The fourth-order valence-electron chi connectivity index (χ4n) is 2.44. The number of aryl methyl sites for hydroxylation is 1. The van der Waals surface area contributed by atoms with Gasteiger partial charge < -0.3 is 10.1 Å². The van der Waals surface area contributed by atoms with Crippen molar-refractivity contribution in [2.24, 2.45) is 0 Å². The molecule has 1 aromatic heterocycles. The number of nitrogens with zero attached hydrogens (tertiary/aromatic N) is 1. The summed E-state index contributed by atoms with van der Waals surface area (Å²) in [6.07, 6.45) is 6.72. The zero-order valence-corrected chi connectivity index (χ0v) is 11.5. The Morgan fingerprint density at radius 2 is 2.06 bits per heavy atom. The van der Waals surface area contributed by atoms with Gasteiger partial charge in [0.05, 0.1) is 11.8 Å². The number of aromatic nitrogens is 1. The predicted molar refractivity (Wildman–Crippen MR) is 73.9 cm³/mol. The van der Waals surface area contributed by atoms with Crippen molar-refractivity contribution in [1.29, 1.82) is 0 Å². The highest BCUT2D eigenvalue weighted by atomic mass is 16.5. The maximum Gasteiger partial charge on any atom is 0.142 e. The van der Waals surface area contributed by atoms with Crippen molar-refractivity contribution < 1.29 is 4.74 Å². The third-order valence-corrected chi connectivity index (χ3v) is 3.46. The zero-order chi connectivity index (χ0) is 12.8. The Morgan fingerprint density at radius 1 is 1.28 bits per heavy atom. The standard InChI is InChI=1S/C15H24N2O/c1-3-16-11-14-15(10-9-12(2)17-14)18-13-7-5-4-6-8-13/h9-10,13,16H,3-8,11H2,1-2H3. The summed E-state index contributed by atoms with van der Waals surface area (Å²) >= 11 is 0. The normalized spacial score (nSPS) is 16.8. The second kappa shape index (κ2) is 6.74. The molecular weight excluding hydrogens is 224 g/mol. The molecule has 1 saturated carbocycles. The summed E-state index contributed by atoms with van der Waals surface area (Å²) in [4.78, 5) is 4.59. The summed E-state index contributed by atoms with van der Waals surface area (Å²) in [6.45, 7) is 5.88. The summed E-state index contributed by atoms with van der Waals surface area (Å²) in [5, 5.41) is 3.33. The van der Waals surface area contributed by atoms with Crippen molar-refractivity contribution in [2.45, 2.75) is 58.6 Å². The van der Waals surface area contributed by atoms with Gasteiger partial charge in [0.25, 0.3) is 0 Å². The number of hydrogen-bond acceptors (Lipinski definition) is 3. The molecule has 0 spiro atoms. The van der Waals surface area contributed by atoms with Crippen LogP contribution in [0.4, 0.5) is 0 Å². The molecule has 1 aliphatic carbocycles. The summed E-state index contributed by atoms with van der Waals surface area (Å²) < 4.78 is 6.14. The minimum absolute atomic E-state index is 0.392. The highest BCUT2D eigenvalue weighted by Crippen LogP contribution is 2.25. The van der Waals surface area contributed by atoms with Gasteiger partial charge in [-0.3, -0.25) is 4.98 Å². The molecule has 1 aliphatic rings. The highest BCUT2D eigenvalue weighted by Gasteiger charge is 2.16. The van der Waals surface area contributed by atoms with Gasteiger partial charge >= 0.3 is 0 Å². The Hall–Kier alpha value is -1.09. The molecule has 1 N–H and O–H groups in total. The molecule has 3 heteroatoms. The van der Waals surface area contributed by atoms with Crippen LogP contribution in [0.15, 0.2) is 12.1 Å². The molecule has 0 bridgehead atoms. The molecule has 0 atom stereocenters. The van der Waals surface area contributed by atoms with E-state index < -0.39 is 0 Å². The van der Waals surface area contributed by atoms with E-state index in [9.17, 15) is 0 Å².